The summed E-state index contributed by atoms with van der Waals surface area (Å²) in [6.45, 7) is 1.70. The predicted octanol–water partition coefficient (Wildman–Crippen LogP) is 2.18. The van der Waals surface area contributed by atoms with Gasteiger partial charge in [-0.2, -0.15) is 0 Å². The minimum absolute atomic E-state index is 0.0727. The summed E-state index contributed by atoms with van der Waals surface area (Å²) in [5, 5.41) is 17.3. The molecule has 16 heavy (non-hydrogen) atoms. The molecule has 1 rings (SSSR count). The monoisotopic (exact) mass is 220 g/mol. The Morgan fingerprint density at radius 2 is 2.00 bits per heavy atom. The summed E-state index contributed by atoms with van der Waals surface area (Å²) in [6.07, 6.45) is 3.04. The molecule has 84 valence electrons. The summed E-state index contributed by atoms with van der Waals surface area (Å²) in [7, 11) is 0. The molecule has 0 aromatic heterocycles. The highest BCUT2D eigenvalue weighted by molar-refractivity contribution is 5.90. The number of carboxylic acid groups (broad SMARTS) is 2. The Morgan fingerprint density at radius 3 is 2.56 bits per heavy atom. The van der Waals surface area contributed by atoms with Crippen molar-refractivity contribution in [3.8, 4) is 0 Å². The first kappa shape index (κ1) is 12.0. The highest BCUT2D eigenvalue weighted by Gasteiger charge is 2.07. The molecule has 4 heteroatoms. The number of carbonyl (C=O) groups is 2. The Bertz CT molecular complexity index is 446. The zero-order valence-electron chi connectivity index (χ0n) is 8.80. The first-order valence-electron chi connectivity index (χ1n) is 4.73. The summed E-state index contributed by atoms with van der Waals surface area (Å²) in [6, 6.07) is 4.91. The second-order valence-electron chi connectivity index (χ2n) is 3.33. The molecule has 0 aliphatic rings. The number of aromatic carboxylic acids is 1. The van der Waals surface area contributed by atoms with Gasteiger partial charge in [0.2, 0.25) is 0 Å². The first-order chi connectivity index (χ1) is 7.52. The van der Waals surface area contributed by atoms with Gasteiger partial charge in [-0.3, -0.25) is 4.79 Å². The van der Waals surface area contributed by atoms with Gasteiger partial charge >= 0.3 is 11.9 Å². The van der Waals surface area contributed by atoms with Crippen LogP contribution in [-0.2, 0) is 4.79 Å². The van der Waals surface area contributed by atoms with E-state index in [9.17, 15) is 9.59 Å². The van der Waals surface area contributed by atoms with Crippen LogP contribution in [0.3, 0.4) is 0 Å². The van der Waals surface area contributed by atoms with Crippen LogP contribution in [-0.4, -0.2) is 22.2 Å². The number of hydrogen-bond acceptors (Lipinski definition) is 2. The highest BCUT2D eigenvalue weighted by atomic mass is 16.4. The fraction of sp³-hybridized carbons (Fsp3) is 0.167. The average molecular weight is 220 g/mol. The summed E-state index contributed by atoms with van der Waals surface area (Å²) in [4.78, 5) is 21.1. The summed E-state index contributed by atoms with van der Waals surface area (Å²) in [5.41, 5.74) is 1.59. The van der Waals surface area contributed by atoms with E-state index in [1.54, 1.807) is 25.1 Å². The molecule has 0 bridgehead atoms. The van der Waals surface area contributed by atoms with E-state index < -0.39 is 11.9 Å². The maximum absolute atomic E-state index is 10.8. The zero-order valence-corrected chi connectivity index (χ0v) is 8.80. The van der Waals surface area contributed by atoms with Crippen molar-refractivity contribution in [3.05, 3.63) is 41.0 Å². The largest absolute Gasteiger partial charge is 0.481 e. The van der Waals surface area contributed by atoms with E-state index in [1.807, 2.05) is 0 Å². The minimum Gasteiger partial charge on any atom is -0.481 e. The van der Waals surface area contributed by atoms with Gasteiger partial charge in [0.25, 0.3) is 0 Å². The van der Waals surface area contributed by atoms with Crippen LogP contribution < -0.4 is 0 Å². The van der Waals surface area contributed by atoms with E-state index in [-0.39, 0.29) is 12.0 Å². The highest BCUT2D eigenvalue weighted by Crippen LogP contribution is 2.15. The maximum Gasteiger partial charge on any atom is 0.335 e. The van der Waals surface area contributed by atoms with Crippen LogP contribution in [0, 0.1) is 6.92 Å². The van der Waals surface area contributed by atoms with Gasteiger partial charge in [0.15, 0.2) is 0 Å². The van der Waals surface area contributed by atoms with Gasteiger partial charge in [-0.25, -0.2) is 4.79 Å². The third kappa shape index (κ3) is 2.95. The van der Waals surface area contributed by atoms with E-state index in [0.717, 1.165) is 5.56 Å². The first-order valence-corrected chi connectivity index (χ1v) is 4.73. The third-order valence-electron chi connectivity index (χ3n) is 2.20. The average Bonchev–Trinajstić information content (AvgIpc) is 2.19. The lowest BCUT2D eigenvalue weighted by Crippen LogP contribution is -2.00. The Kier molecular flexibility index (Phi) is 3.83. The van der Waals surface area contributed by atoms with Gasteiger partial charge in [0.05, 0.1) is 12.0 Å². The van der Waals surface area contributed by atoms with Crippen LogP contribution in [0.2, 0.25) is 0 Å². The molecule has 0 spiro atoms. The summed E-state index contributed by atoms with van der Waals surface area (Å²) < 4.78 is 0. The molecular formula is C12H12O4. The second-order valence-corrected chi connectivity index (χ2v) is 3.33. The molecular weight excluding hydrogens is 208 g/mol. The quantitative estimate of drug-likeness (QED) is 0.815. The normalized spacial score (nSPS) is 10.6. The Labute approximate surface area is 92.8 Å². The molecule has 0 fully saturated rings. The molecule has 0 atom stereocenters. The van der Waals surface area contributed by atoms with Gasteiger partial charge in [0.1, 0.15) is 0 Å². The van der Waals surface area contributed by atoms with E-state index >= 15 is 0 Å². The van der Waals surface area contributed by atoms with Gasteiger partial charge in [-0.1, -0.05) is 24.3 Å². The van der Waals surface area contributed by atoms with Crippen LogP contribution in [0.25, 0.3) is 6.08 Å². The molecule has 0 heterocycles. The van der Waals surface area contributed by atoms with Crippen molar-refractivity contribution < 1.29 is 19.8 Å². The van der Waals surface area contributed by atoms with E-state index in [4.69, 9.17) is 10.2 Å². The molecule has 2 N–H and O–H groups in total. The second kappa shape index (κ2) is 5.11. The molecule has 0 saturated carbocycles. The van der Waals surface area contributed by atoms with Gasteiger partial charge in [-0.15, -0.1) is 0 Å². The number of rotatable bonds is 4. The minimum atomic E-state index is -0.981. The Morgan fingerprint density at radius 1 is 1.31 bits per heavy atom. The standard InChI is InChI=1S/C12H12O4/c1-8-9(5-3-7-11(13)14)4-2-6-10(8)12(15)16/h2-6H,7H2,1H3,(H,13,14)(H,15,16). The summed E-state index contributed by atoms with van der Waals surface area (Å²) >= 11 is 0. The lowest BCUT2D eigenvalue weighted by Gasteiger charge is -2.03. The van der Waals surface area contributed by atoms with Gasteiger partial charge < -0.3 is 10.2 Å². The molecule has 4 nitrogen and oxygen atoms in total. The fourth-order valence-corrected chi connectivity index (χ4v) is 1.35. The molecule has 0 saturated heterocycles. The summed E-state index contributed by atoms with van der Waals surface area (Å²) in [5.74, 6) is -1.89. The van der Waals surface area contributed by atoms with Crippen molar-refractivity contribution in [3.63, 3.8) is 0 Å². The zero-order chi connectivity index (χ0) is 12.1. The third-order valence-corrected chi connectivity index (χ3v) is 2.20. The molecule has 1 aromatic rings. The SMILES string of the molecule is Cc1c(C=CCC(=O)O)cccc1C(=O)O. The van der Waals surface area contributed by atoms with Crippen molar-refractivity contribution in [2.45, 2.75) is 13.3 Å². The molecule has 0 aliphatic carbocycles. The lowest BCUT2D eigenvalue weighted by atomic mass is 10.0. The van der Waals surface area contributed by atoms with Crippen LogP contribution in [0.1, 0.15) is 27.9 Å². The van der Waals surface area contributed by atoms with Crippen LogP contribution in [0.5, 0.6) is 0 Å². The molecule has 0 amide bonds. The molecule has 0 unspecified atom stereocenters. The number of benzene rings is 1. The van der Waals surface area contributed by atoms with Crippen molar-refractivity contribution in [1.82, 2.24) is 0 Å². The molecule has 1 aromatic carbocycles. The van der Waals surface area contributed by atoms with Gasteiger partial charge in [0, 0.05) is 0 Å². The van der Waals surface area contributed by atoms with Crippen molar-refractivity contribution in [2.24, 2.45) is 0 Å². The van der Waals surface area contributed by atoms with E-state index in [0.29, 0.717) is 5.56 Å². The van der Waals surface area contributed by atoms with Gasteiger partial charge in [-0.05, 0) is 24.1 Å². The molecule has 0 radical (unpaired) electrons. The van der Waals surface area contributed by atoms with Crippen molar-refractivity contribution in [2.75, 3.05) is 0 Å². The molecule has 0 aliphatic heterocycles. The topological polar surface area (TPSA) is 74.6 Å². The Balaban J connectivity index is 2.97. The number of aliphatic carboxylic acids is 1. The van der Waals surface area contributed by atoms with E-state index in [1.165, 1.54) is 12.1 Å². The van der Waals surface area contributed by atoms with Crippen molar-refractivity contribution >= 4 is 18.0 Å². The fourth-order valence-electron chi connectivity index (χ4n) is 1.35. The van der Waals surface area contributed by atoms with Crippen LogP contribution in [0.4, 0.5) is 0 Å². The smallest absolute Gasteiger partial charge is 0.335 e. The van der Waals surface area contributed by atoms with Crippen molar-refractivity contribution in [1.29, 1.82) is 0 Å². The van der Waals surface area contributed by atoms with E-state index in [2.05, 4.69) is 0 Å². The number of carboxylic acids is 2. The van der Waals surface area contributed by atoms with Crippen LogP contribution >= 0.6 is 0 Å². The Hall–Kier alpha value is -2.10. The van der Waals surface area contributed by atoms with Crippen LogP contribution in [0.15, 0.2) is 24.3 Å². The number of hydrogen-bond donors (Lipinski definition) is 2. The maximum atomic E-state index is 10.8. The lowest BCUT2D eigenvalue weighted by molar-refractivity contribution is -0.135. The predicted molar refractivity (Wildman–Crippen MR) is 59.4 cm³/mol.